The van der Waals surface area contributed by atoms with Gasteiger partial charge in [-0.2, -0.15) is 0 Å². The van der Waals surface area contributed by atoms with Crippen LogP contribution in [0.4, 0.5) is 5.95 Å². The largest absolute Gasteiger partial charge is 0.353 e. The third-order valence-electron chi connectivity index (χ3n) is 5.42. The van der Waals surface area contributed by atoms with Crippen molar-refractivity contribution in [3.63, 3.8) is 0 Å². The average Bonchev–Trinajstić information content (AvgIpc) is 3.10. The molecule has 0 radical (unpaired) electrons. The Morgan fingerprint density at radius 3 is 2.56 bits per heavy atom. The number of carbonyl (C=O) groups is 1. The minimum atomic E-state index is 0.115. The molecule has 3 aromatic rings. The normalized spacial score (nSPS) is 19.7. The Bertz CT molecular complexity index is 874. The summed E-state index contributed by atoms with van der Waals surface area (Å²) in [6.07, 6.45) is 3.80. The highest BCUT2D eigenvalue weighted by atomic mass is 16.1. The highest BCUT2D eigenvalue weighted by Crippen LogP contribution is 2.27. The van der Waals surface area contributed by atoms with E-state index in [0.717, 1.165) is 48.2 Å². The van der Waals surface area contributed by atoms with Crippen molar-refractivity contribution in [2.75, 3.05) is 5.32 Å². The number of anilines is 1. The molecule has 0 atom stereocenters. The molecule has 1 aliphatic rings. The van der Waals surface area contributed by atoms with E-state index in [-0.39, 0.29) is 11.8 Å². The van der Waals surface area contributed by atoms with Crippen LogP contribution in [0.3, 0.4) is 0 Å². The van der Waals surface area contributed by atoms with Gasteiger partial charge in [-0.25, -0.2) is 4.98 Å². The van der Waals surface area contributed by atoms with Crippen LogP contribution in [0.5, 0.6) is 0 Å². The fraction of sp³-hybridized carbons (Fsp3) is 0.364. The van der Waals surface area contributed by atoms with Crippen molar-refractivity contribution in [2.45, 2.75) is 45.2 Å². The number of nitrogens with one attached hydrogen (secondary N) is 3. The molecule has 1 aliphatic carbocycles. The summed E-state index contributed by atoms with van der Waals surface area (Å²) >= 11 is 0. The first-order valence-electron chi connectivity index (χ1n) is 9.72. The van der Waals surface area contributed by atoms with E-state index in [2.05, 4.69) is 51.8 Å². The molecule has 1 amide bonds. The third kappa shape index (κ3) is 4.30. The summed E-state index contributed by atoms with van der Waals surface area (Å²) in [6.45, 7) is 2.68. The molecule has 0 aliphatic heterocycles. The summed E-state index contributed by atoms with van der Waals surface area (Å²) in [7, 11) is 0. The van der Waals surface area contributed by atoms with Crippen molar-refractivity contribution in [1.82, 2.24) is 15.3 Å². The SMILES string of the molecule is Cc1ccc(CNC(=O)C2CCC(Nc3nc4ccccc4[nH]3)CC2)cc1. The van der Waals surface area contributed by atoms with Crippen LogP contribution in [0.1, 0.15) is 36.8 Å². The Balaban J connectivity index is 1.25. The summed E-state index contributed by atoms with van der Waals surface area (Å²) in [4.78, 5) is 20.4. The number of fused-ring (bicyclic) bond motifs is 1. The maximum Gasteiger partial charge on any atom is 0.223 e. The molecule has 0 bridgehead atoms. The van der Waals surface area contributed by atoms with Crippen molar-refractivity contribution in [1.29, 1.82) is 0 Å². The quantitative estimate of drug-likeness (QED) is 0.638. The van der Waals surface area contributed by atoms with E-state index in [1.54, 1.807) is 0 Å². The van der Waals surface area contributed by atoms with Gasteiger partial charge in [0, 0.05) is 18.5 Å². The minimum absolute atomic E-state index is 0.115. The lowest BCUT2D eigenvalue weighted by Gasteiger charge is -2.28. The first-order valence-corrected chi connectivity index (χ1v) is 9.72. The first-order chi connectivity index (χ1) is 13.2. The fourth-order valence-corrected chi connectivity index (χ4v) is 3.75. The average molecular weight is 362 g/mol. The number of nitrogens with zero attached hydrogens (tertiary/aromatic N) is 1. The summed E-state index contributed by atoms with van der Waals surface area (Å²) in [5, 5.41) is 6.59. The Kier molecular flexibility index (Phi) is 5.10. The van der Waals surface area contributed by atoms with Gasteiger partial charge in [0.05, 0.1) is 11.0 Å². The van der Waals surface area contributed by atoms with Crippen molar-refractivity contribution < 1.29 is 4.79 Å². The zero-order valence-corrected chi connectivity index (χ0v) is 15.7. The van der Waals surface area contributed by atoms with Crippen LogP contribution in [0.15, 0.2) is 48.5 Å². The summed E-state index contributed by atoms with van der Waals surface area (Å²) in [6, 6.07) is 16.7. The lowest BCUT2D eigenvalue weighted by Crippen LogP contribution is -2.35. The van der Waals surface area contributed by atoms with Crippen molar-refractivity contribution in [2.24, 2.45) is 5.92 Å². The number of rotatable bonds is 5. The molecule has 1 heterocycles. The van der Waals surface area contributed by atoms with Gasteiger partial charge < -0.3 is 15.6 Å². The zero-order chi connectivity index (χ0) is 18.6. The number of H-pyrrole nitrogens is 1. The van der Waals surface area contributed by atoms with E-state index < -0.39 is 0 Å². The van der Waals surface area contributed by atoms with E-state index >= 15 is 0 Å². The van der Waals surface area contributed by atoms with Crippen LogP contribution in [0.25, 0.3) is 11.0 Å². The molecular formula is C22H26N4O. The van der Waals surface area contributed by atoms with Crippen LogP contribution in [-0.2, 0) is 11.3 Å². The number of aromatic amines is 1. The van der Waals surface area contributed by atoms with Gasteiger partial charge in [0.2, 0.25) is 11.9 Å². The number of hydrogen-bond donors (Lipinski definition) is 3. The molecule has 4 rings (SSSR count). The Morgan fingerprint density at radius 2 is 1.81 bits per heavy atom. The van der Waals surface area contributed by atoms with Crippen LogP contribution in [0, 0.1) is 12.8 Å². The van der Waals surface area contributed by atoms with Gasteiger partial charge in [0.25, 0.3) is 0 Å². The predicted molar refractivity (Wildman–Crippen MR) is 108 cm³/mol. The summed E-state index contributed by atoms with van der Waals surface area (Å²) in [5.74, 6) is 1.12. The lowest BCUT2D eigenvalue weighted by atomic mass is 9.85. The highest BCUT2D eigenvalue weighted by molar-refractivity contribution is 5.79. The minimum Gasteiger partial charge on any atom is -0.353 e. The predicted octanol–water partition coefficient (Wildman–Crippen LogP) is 4.16. The molecule has 140 valence electrons. The molecule has 1 aromatic heterocycles. The Hall–Kier alpha value is -2.82. The van der Waals surface area contributed by atoms with Gasteiger partial charge in [-0.05, 0) is 50.3 Å². The van der Waals surface area contributed by atoms with Gasteiger partial charge in [-0.15, -0.1) is 0 Å². The molecule has 1 saturated carbocycles. The van der Waals surface area contributed by atoms with Crippen molar-refractivity contribution in [3.05, 3.63) is 59.7 Å². The number of benzene rings is 2. The van der Waals surface area contributed by atoms with Gasteiger partial charge in [-0.1, -0.05) is 42.0 Å². The molecule has 0 spiro atoms. The standard InChI is InChI=1S/C22H26N4O/c1-15-6-8-16(9-7-15)14-23-21(27)17-10-12-18(13-11-17)24-22-25-19-4-2-3-5-20(19)26-22/h2-9,17-18H,10-14H2,1H3,(H,23,27)(H2,24,25,26). The Labute approximate surface area is 159 Å². The second kappa shape index (κ2) is 7.82. The zero-order valence-electron chi connectivity index (χ0n) is 15.7. The van der Waals surface area contributed by atoms with Crippen molar-refractivity contribution >= 4 is 22.9 Å². The maximum absolute atomic E-state index is 12.5. The molecule has 0 unspecified atom stereocenters. The second-order valence-electron chi connectivity index (χ2n) is 7.50. The fourth-order valence-electron chi connectivity index (χ4n) is 3.75. The number of carbonyl (C=O) groups excluding carboxylic acids is 1. The molecule has 1 fully saturated rings. The highest BCUT2D eigenvalue weighted by Gasteiger charge is 2.26. The second-order valence-corrected chi connectivity index (χ2v) is 7.50. The van der Waals surface area contributed by atoms with E-state index in [1.807, 2.05) is 24.3 Å². The number of aryl methyl sites for hydroxylation is 1. The first kappa shape index (κ1) is 17.6. The summed E-state index contributed by atoms with van der Waals surface area (Å²) < 4.78 is 0. The monoisotopic (exact) mass is 362 g/mol. The van der Waals surface area contributed by atoms with Gasteiger partial charge in [-0.3, -0.25) is 4.79 Å². The maximum atomic E-state index is 12.5. The molecule has 0 saturated heterocycles. The van der Waals surface area contributed by atoms with Crippen LogP contribution in [-0.4, -0.2) is 21.9 Å². The number of para-hydroxylation sites is 2. The molecule has 5 nitrogen and oxygen atoms in total. The molecule has 27 heavy (non-hydrogen) atoms. The molecular weight excluding hydrogens is 336 g/mol. The lowest BCUT2D eigenvalue weighted by molar-refractivity contribution is -0.126. The van der Waals surface area contributed by atoms with Gasteiger partial charge in [0.1, 0.15) is 0 Å². The summed E-state index contributed by atoms with van der Waals surface area (Å²) in [5.41, 5.74) is 4.41. The number of amides is 1. The smallest absolute Gasteiger partial charge is 0.223 e. The third-order valence-corrected chi connectivity index (χ3v) is 5.42. The Morgan fingerprint density at radius 1 is 1.07 bits per heavy atom. The van der Waals surface area contributed by atoms with E-state index in [1.165, 1.54) is 5.56 Å². The van der Waals surface area contributed by atoms with Gasteiger partial charge >= 0.3 is 0 Å². The van der Waals surface area contributed by atoms with E-state index in [0.29, 0.717) is 12.6 Å². The van der Waals surface area contributed by atoms with Crippen LogP contribution >= 0.6 is 0 Å². The molecule has 3 N–H and O–H groups in total. The van der Waals surface area contributed by atoms with E-state index in [4.69, 9.17) is 0 Å². The van der Waals surface area contributed by atoms with Crippen LogP contribution in [0.2, 0.25) is 0 Å². The number of hydrogen-bond acceptors (Lipinski definition) is 3. The number of imidazole rings is 1. The van der Waals surface area contributed by atoms with Crippen LogP contribution < -0.4 is 10.6 Å². The molecule has 2 aromatic carbocycles. The number of aromatic nitrogens is 2. The molecule has 5 heteroatoms. The van der Waals surface area contributed by atoms with Gasteiger partial charge in [0.15, 0.2) is 0 Å². The van der Waals surface area contributed by atoms with E-state index in [9.17, 15) is 4.79 Å². The van der Waals surface area contributed by atoms with Crippen molar-refractivity contribution in [3.8, 4) is 0 Å². The topological polar surface area (TPSA) is 69.8 Å².